The molecule has 0 amide bonds. The minimum atomic E-state index is -0.425. The number of nitrogens with one attached hydrogen (secondary N) is 2. The van der Waals surface area contributed by atoms with Crippen LogP contribution in [0.1, 0.15) is 35.9 Å². The monoisotopic (exact) mass is 404 g/mol. The maximum atomic E-state index is 13.3. The maximum Gasteiger partial charge on any atom is 0.219 e. The van der Waals surface area contributed by atoms with Crippen molar-refractivity contribution in [1.82, 2.24) is 10.3 Å². The smallest absolute Gasteiger partial charge is 0.219 e. The minimum absolute atomic E-state index is 0.0385. The van der Waals surface area contributed by atoms with Gasteiger partial charge in [0.15, 0.2) is 5.78 Å². The summed E-state index contributed by atoms with van der Waals surface area (Å²) in [5, 5.41) is 24.0. The molecule has 2 aromatic carbocycles. The highest BCUT2D eigenvalue weighted by atomic mass is 16.6. The van der Waals surface area contributed by atoms with E-state index in [0.717, 1.165) is 22.6 Å². The number of ether oxygens (including phenoxy) is 1. The van der Waals surface area contributed by atoms with E-state index >= 15 is 0 Å². The fourth-order valence-electron chi connectivity index (χ4n) is 4.13. The molecular formula is C22H20N4O4. The van der Waals surface area contributed by atoms with Crippen molar-refractivity contribution in [3.05, 3.63) is 70.9 Å². The third-order valence-electron chi connectivity index (χ3n) is 5.65. The molecule has 0 radical (unpaired) electrons. The van der Waals surface area contributed by atoms with Crippen molar-refractivity contribution in [3.63, 3.8) is 0 Å². The number of hydrogen-bond acceptors (Lipinski definition) is 8. The summed E-state index contributed by atoms with van der Waals surface area (Å²) < 4.78 is 10.1. The molecule has 2 aliphatic rings. The Morgan fingerprint density at radius 1 is 1.00 bits per heavy atom. The lowest BCUT2D eigenvalue weighted by Crippen LogP contribution is -2.27. The van der Waals surface area contributed by atoms with Crippen molar-refractivity contribution in [2.24, 2.45) is 0 Å². The first-order valence-corrected chi connectivity index (χ1v) is 9.67. The van der Waals surface area contributed by atoms with Crippen LogP contribution >= 0.6 is 0 Å². The van der Waals surface area contributed by atoms with E-state index in [-0.39, 0.29) is 17.5 Å². The molecule has 0 spiro atoms. The van der Waals surface area contributed by atoms with Crippen LogP contribution in [-0.2, 0) is 4.79 Å². The number of benzene rings is 2. The van der Waals surface area contributed by atoms with Gasteiger partial charge in [-0.1, -0.05) is 24.3 Å². The molecular weight excluding hydrogens is 384 g/mol. The maximum absolute atomic E-state index is 13.3. The SMILES string of the molecule is COc1ccc(C2CC(=O)C3=C(C2)Nc2nonc2NC3c2ccc(O)cc2)cc1. The molecule has 0 bridgehead atoms. The Morgan fingerprint density at radius 2 is 1.70 bits per heavy atom. The van der Waals surface area contributed by atoms with Crippen LogP contribution in [0.4, 0.5) is 11.6 Å². The molecule has 3 aromatic rings. The van der Waals surface area contributed by atoms with Crippen molar-refractivity contribution in [2.75, 3.05) is 17.7 Å². The molecule has 152 valence electrons. The topological polar surface area (TPSA) is 110 Å². The van der Waals surface area contributed by atoms with Gasteiger partial charge in [-0.15, -0.1) is 0 Å². The van der Waals surface area contributed by atoms with Gasteiger partial charge < -0.3 is 20.5 Å². The highest BCUT2D eigenvalue weighted by molar-refractivity contribution is 6.00. The first-order valence-electron chi connectivity index (χ1n) is 9.67. The molecule has 8 nitrogen and oxygen atoms in total. The predicted molar refractivity (Wildman–Crippen MR) is 109 cm³/mol. The summed E-state index contributed by atoms with van der Waals surface area (Å²) in [7, 11) is 1.63. The fourth-order valence-corrected chi connectivity index (χ4v) is 4.13. The number of fused-ring (bicyclic) bond motifs is 1. The fraction of sp³-hybridized carbons (Fsp3) is 0.227. The van der Waals surface area contributed by atoms with Crippen LogP contribution in [0.5, 0.6) is 11.5 Å². The predicted octanol–water partition coefficient (Wildman–Crippen LogP) is 3.76. The Labute approximate surface area is 172 Å². The zero-order valence-electron chi connectivity index (χ0n) is 16.3. The van der Waals surface area contributed by atoms with E-state index in [1.807, 2.05) is 24.3 Å². The number of carbonyl (C=O) groups is 1. The molecule has 30 heavy (non-hydrogen) atoms. The molecule has 5 rings (SSSR count). The highest BCUT2D eigenvalue weighted by Crippen LogP contribution is 2.43. The zero-order valence-corrected chi connectivity index (χ0v) is 16.3. The van der Waals surface area contributed by atoms with Crippen LogP contribution in [0.3, 0.4) is 0 Å². The summed E-state index contributed by atoms with van der Waals surface area (Å²) >= 11 is 0. The minimum Gasteiger partial charge on any atom is -0.508 e. The van der Waals surface area contributed by atoms with E-state index in [2.05, 4.69) is 20.9 Å². The summed E-state index contributed by atoms with van der Waals surface area (Å²) in [6, 6.07) is 14.2. The molecule has 2 heterocycles. The average molecular weight is 404 g/mol. The third kappa shape index (κ3) is 3.16. The lowest BCUT2D eigenvalue weighted by atomic mass is 9.78. The average Bonchev–Trinajstić information content (AvgIpc) is 3.13. The Morgan fingerprint density at radius 3 is 2.43 bits per heavy atom. The second-order valence-electron chi connectivity index (χ2n) is 7.45. The Hall–Kier alpha value is -3.81. The van der Waals surface area contributed by atoms with Gasteiger partial charge in [0.25, 0.3) is 0 Å². The number of aromatic hydroxyl groups is 1. The van der Waals surface area contributed by atoms with E-state index in [9.17, 15) is 9.90 Å². The summed E-state index contributed by atoms with van der Waals surface area (Å²) in [4.78, 5) is 13.3. The lowest BCUT2D eigenvalue weighted by Gasteiger charge is -2.29. The summed E-state index contributed by atoms with van der Waals surface area (Å²) in [6.07, 6.45) is 1.05. The number of anilines is 2. The number of ketones is 1. The molecule has 1 aromatic heterocycles. The van der Waals surface area contributed by atoms with Crippen LogP contribution in [0.15, 0.2) is 64.4 Å². The normalized spacial score (nSPS) is 20.5. The second-order valence-corrected chi connectivity index (χ2v) is 7.45. The van der Waals surface area contributed by atoms with Gasteiger partial charge in [0.2, 0.25) is 11.6 Å². The van der Waals surface area contributed by atoms with E-state index in [1.165, 1.54) is 0 Å². The van der Waals surface area contributed by atoms with Gasteiger partial charge in [0, 0.05) is 17.7 Å². The second kappa shape index (κ2) is 7.22. The van der Waals surface area contributed by atoms with Crippen LogP contribution in [-0.4, -0.2) is 28.3 Å². The van der Waals surface area contributed by atoms with Crippen molar-refractivity contribution < 1.29 is 19.3 Å². The van der Waals surface area contributed by atoms with Gasteiger partial charge in [-0.2, -0.15) is 0 Å². The first kappa shape index (κ1) is 18.2. The van der Waals surface area contributed by atoms with Crippen LogP contribution in [0, 0.1) is 0 Å². The first-order chi connectivity index (χ1) is 14.6. The molecule has 2 atom stereocenters. The molecule has 0 saturated carbocycles. The summed E-state index contributed by atoms with van der Waals surface area (Å²) in [5.41, 5.74) is 3.38. The quantitative estimate of drug-likeness (QED) is 0.605. The number of nitrogens with zero attached hydrogens (tertiary/aromatic N) is 2. The molecule has 2 unspecified atom stereocenters. The van der Waals surface area contributed by atoms with Crippen molar-refractivity contribution in [2.45, 2.75) is 24.8 Å². The number of phenolic OH excluding ortho intramolecular Hbond substituents is 1. The number of aromatic nitrogens is 2. The zero-order chi connectivity index (χ0) is 20.7. The summed E-state index contributed by atoms with van der Waals surface area (Å²) in [5.74, 6) is 1.93. The number of hydrogen-bond donors (Lipinski definition) is 3. The van der Waals surface area contributed by atoms with Gasteiger partial charge >= 0.3 is 0 Å². The van der Waals surface area contributed by atoms with Crippen LogP contribution in [0.25, 0.3) is 0 Å². The van der Waals surface area contributed by atoms with E-state index in [0.29, 0.717) is 30.1 Å². The highest BCUT2D eigenvalue weighted by Gasteiger charge is 2.37. The Balaban J connectivity index is 1.55. The number of methoxy groups -OCH3 is 1. The van der Waals surface area contributed by atoms with Crippen LogP contribution in [0.2, 0.25) is 0 Å². The largest absolute Gasteiger partial charge is 0.508 e. The van der Waals surface area contributed by atoms with Gasteiger partial charge in [-0.05, 0) is 58.0 Å². The summed E-state index contributed by atoms with van der Waals surface area (Å²) in [6.45, 7) is 0. The molecule has 0 saturated heterocycles. The molecule has 1 aliphatic carbocycles. The van der Waals surface area contributed by atoms with Gasteiger partial charge in [-0.25, -0.2) is 4.63 Å². The molecule has 0 fully saturated rings. The number of Topliss-reactive ketones (excluding diaryl/α,β-unsaturated/α-hetero) is 1. The van der Waals surface area contributed by atoms with Crippen LogP contribution < -0.4 is 15.4 Å². The molecule has 3 N–H and O–H groups in total. The molecule has 1 aliphatic heterocycles. The van der Waals surface area contributed by atoms with Gasteiger partial charge in [0.05, 0.1) is 13.2 Å². The molecule has 8 heteroatoms. The van der Waals surface area contributed by atoms with E-state index in [1.54, 1.807) is 31.4 Å². The van der Waals surface area contributed by atoms with Gasteiger partial charge in [0.1, 0.15) is 11.5 Å². The number of carbonyl (C=O) groups excluding carboxylic acids is 1. The van der Waals surface area contributed by atoms with E-state index in [4.69, 9.17) is 9.37 Å². The number of allylic oxidation sites excluding steroid dienone is 1. The number of rotatable bonds is 3. The van der Waals surface area contributed by atoms with E-state index < -0.39 is 6.04 Å². The van der Waals surface area contributed by atoms with Crippen molar-refractivity contribution in [1.29, 1.82) is 0 Å². The van der Waals surface area contributed by atoms with Crippen molar-refractivity contribution in [3.8, 4) is 11.5 Å². The lowest BCUT2D eigenvalue weighted by molar-refractivity contribution is -0.116. The Bertz CT molecular complexity index is 1120. The number of phenols is 1. The van der Waals surface area contributed by atoms with Crippen molar-refractivity contribution >= 4 is 17.4 Å². The standard InChI is InChI=1S/C22H20N4O4/c1-29-16-8-4-12(5-9-16)14-10-17-19(18(28)11-14)20(13-2-6-15(27)7-3-13)24-22-21(23-17)25-30-26-22/h2-9,14,20,27H,10-11H2,1H3,(H,23,25)(H,24,26). The third-order valence-corrected chi connectivity index (χ3v) is 5.65. The van der Waals surface area contributed by atoms with Gasteiger partial charge in [-0.3, -0.25) is 4.79 Å². The Kier molecular flexibility index (Phi) is 4.39.